The number of carboxylic acids is 1. The number of nitrogens with one attached hydrogen (secondary N) is 1. The summed E-state index contributed by atoms with van der Waals surface area (Å²) in [7, 11) is -1.25. The predicted octanol–water partition coefficient (Wildman–Crippen LogP) is -1.27. The van der Waals surface area contributed by atoms with Gasteiger partial charge in [0.2, 0.25) is 10.0 Å². The number of rotatable bonds is 6. The van der Waals surface area contributed by atoms with Crippen LogP contribution in [0.5, 0.6) is 11.5 Å². The highest BCUT2D eigenvalue weighted by atomic mass is 32.2. The van der Waals surface area contributed by atoms with Crippen molar-refractivity contribution < 1.29 is 27.8 Å². The molecule has 0 atom stereocenters. The van der Waals surface area contributed by atoms with Gasteiger partial charge in [-0.1, -0.05) is 0 Å². The lowest BCUT2D eigenvalue weighted by Crippen LogP contribution is -2.37. The van der Waals surface area contributed by atoms with Gasteiger partial charge >= 0.3 is 0 Å². The van der Waals surface area contributed by atoms with Crippen molar-refractivity contribution >= 4 is 16.0 Å². The molecule has 0 radical (unpaired) electrons. The van der Waals surface area contributed by atoms with E-state index in [-0.39, 0.29) is 10.6 Å². The van der Waals surface area contributed by atoms with E-state index in [1.807, 2.05) is 4.72 Å². The molecular formula is C10H12NO6S-. The number of aliphatic carboxylic acids is 1. The van der Waals surface area contributed by atoms with Crippen LogP contribution in [0.2, 0.25) is 0 Å². The van der Waals surface area contributed by atoms with Crippen LogP contribution in [0.25, 0.3) is 0 Å². The van der Waals surface area contributed by atoms with Crippen molar-refractivity contribution in [2.24, 2.45) is 0 Å². The molecule has 18 heavy (non-hydrogen) atoms. The maximum atomic E-state index is 11.8. The van der Waals surface area contributed by atoms with Crippen molar-refractivity contribution in [3.05, 3.63) is 18.2 Å². The van der Waals surface area contributed by atoms with Gasteiger partial charge in [0, 0.05) is 6.07 Å². The van der Waals surface area contributed by atoms with E-state index in [9.17, 15) is 18.3 Å². The molecule has 0 heterocycles. The summed E-state index contributed by atoms with van der Waals surface area (Å²) in [6.45, 7) is -0.808. The molecule has 0 saturated heterocycles. The Morgan fingerprint density at radius 3 is 2.50 bits per heavy atom. The summed E-state index contributed by atoms with van der Waals surface area (Å²) in [5.74, 6) is -1.04. The summed E-state index contributed by atoms with van der Waals surface area (Å²) in [5.41, 5.74) is 0. The van der Waals surface area contributed by atoms with E-state index in [4.69, 9.17) is 9.47 Å². The second-order valence-electron chi connectivity index (χ2n) is 3.21. The molecule has 1 N–H and O–H groups in total. The summed E-state index contributed by atoms with van der Waals surface area (Å²) in [4.78, 5) is 10.1. The first kappa shape index (κ1) is 14.3. The molecule has 1 aromatic rings. The Morgan fingerprint density at radius 1 is 1.33 bits per heavy atom. The average molecular weight is 274 g/mol. The van der Waals surface area contributed by atoms with Gasteiger partial charge in [0.1, 0.15) is 16.4 Å². The lowest BCUT2D eigenvalue weighted by Gasteiger charge is -2.12. The number of sulfonamides is 1. The largest absolute Gasteiger partial charge is 0.549 e. The average Bonchev–Trinajstić information content (AvgIpc) is 2.35. The van der Waals surface area contributed by atoms with Gasteiger partial charge in [-0.05, 0) is 12.1 Å². The topological polar surface area (TPSA) is 105 Å². The Kier molecular flexibility index (Phi) is 4.51. The van der Waals surface area contributed by atoms with Crippen LogP contribution in [0.15, 0.2) is 23.1 Å². The summed E-state index contributed by atoms with van der Waals surface area (Å²) in [5, 5.41) is 10.2. The van der Waals surface area contributed by atoms with Gasteiger partial charge < -0.3 is 19.4 Å². The Bertz CT molecular complexity index is 539. The van der Waals surface area contributed by atoms with Gasteiger partial charge in [-0.25, -0.2) is 13.1 Å². The fourth-order valence-corrected chi connectivity index (χ4v) is 2.35. The first-order valence-electron chi connectivity index (χ1n) is 4.82. The highest BCUT2D eigenvalue weighted by Crippen LogP contribution is 2.27. The minimum absolute atomic E-state index is 0.0557. The minimum Gasteiger partial charge on any atom is -0.549 e. The third-order valence-corrected chi connectivity index (χ3v) is 3.51. The molecule has 1 aromatic carbocycles. The van der Waals surface area contributed by atoms with Crippen molar-refractivity contribution in [1.82, 2.24) is 4.72 Å². The first-order valence-corrected chi connectivity index (χ1v) is 6.30. The standard InChI is InChI=1S/C10H13NO6S/c1-16-7-3-4-9(8(5-7)17-2)18(14,15)11-6-10(12)13/h3-5,11H,6H2,1-2H3,(H,12,13)/p-1. The Balaban J connectivity index is 3.11. The van der Waals surface area contributed by atoms with Crippen LogP contribution in [-0.2, 0) is 14.8 Å². The molecule has 0 unspecified atom stereocenters. The van der Waals surface area contributed by atoms with Gasteiger partial charge in [-0.2, -0.15) is 0 Å². The van der Waals surface area contributed by atoms with Crippen LogP contribution in [0.1, 0.15) is 0 Å². The molecule has 0 bridgehead atoms. The number of carbonyl (C=O) groups excluding carboxylic acids is 1. The van der Waals surface area contributed by atoms with Crippen LogP contribution in [0.4, 0.5) is 0 Å². The monoisotopic (exact) mass is 274 g/mol. The highest BCUT2D eigenvalue weighted by molar-refractivity contribution is 7.89. The van der Waals surface area contributed by atoms with Crippen molar-refractivity contribution in [3.8, 4) is 11.5 Å². The molecule has 100 valence electrons. The number of hydrogen-bond donors (Lipinski definition) is 1. The number of benzene rings is 1. The lowest BCUT2D eigenvalue weighted by molar-refractivity contribution is -0.303. The molecule has 0 aliphatic rings. The molecule has 0 aromatic heterocycles. The second-order valence-corrected chi connectivity index (χ2v) is 4.95. The molecule has 1 rings (SSSR count). The molecule has 8 heteroatoms. The van der Waals surface area contributed by atoms with Gasteiger partial charge in [0.15, 0.2) is 0 Å². The third kappa shape index (κ3) is 3.34. The summed E-state index contributed by atoms with van der Waals surface area (Å²) >= 11 is 0. The van der Waals surface area contributed by atoms with Crippen molar-refractivity contribution in [3.63, 3.8) is 0 Å². The summed E-state index contributed by atoms with van der Waals surface area (Å²) in [6, 6.07) is 4.07. The second kappa shape index (κ2) is 5.69. The van der Waals surface area contributed by atoms with Crippen molar-refractivity contribution in [1.29, 1.82) is 0 Å². The maximum Gasteiger partial charge on any atom is 0.244 e. The van der Waals surface area contributed by atoms with Crippen LogP contribution in [-0.4, -0.2) is 35.2 Å². The normalized spacial score (nSPS) is 11.0. The maximum absolute atomic E-state index is 11.8. The predicted molar refractivity (Wildman–Crippen MR) is 59.7 cm³/mol. The van der Waals surface area contributed by atoms with E-state index in [1.54, 1.807) is 0 Å². The van der Waals surface area contributed by atoms with Crippen LogP contribution < -0.4 is 19.3 Å². The molecule has 0 aliphatic heterocycles. The summed E-state index contributed by atoms with van der Waals surface area (Å²) < 4.78 is 35.3. The van der Waals surface area contributed by atoms with E-state index in [2.05, 4.69) is 0 Å². The van der Waals surface area contributed by atoms with Gasteiger partial charge in [0.25, 0.3) is 0 Å². The Labute approximate surface area is 104 Å². The molecule has 7 nitrogen and oxygen atoms in total. The van der Waals surface area contributed by atoms with E-state index in [0.717, 1.165) is 0 Å². The van der Waals surface area contributed by atoms with Gasteiger partial charge in [0.05, 0.1) is 26.7 Å². The highest BCUT2D eigenvalue weighted by Gasteiger charge is 2.19. The molecule has 0 amide bonds. The van der Waals surface area contributed by atoms with Gasteiger partial charge in [-0.15, -0.1) is 0 Å². The Hall–Kier alpha value is -1.80. The van der Waals surface area contributed by atoms with E-state index in [0.29, 0.717) is 5.75 Å². The molecule has 0 aliphatic carbocycles. The van der Waals surface area contributed by atoms with Gasteiger partial charge in [-0.3, -0.25) is 0 Å². The summed E-state index contributed by atoms with van der Waals surface area (Å²) in [6.07, 6.45) is 0. The number of hydrogen-bond acceptors (Lipinski definition) is 6. The van der Waals surface area contributed by atoms with E-state index < -0.39 is 22.5 Å². The van der Waals surface area contributed by atoms with Crippen LogP contribution in [0, 0.1) is 0 Å². The van der Waals surface area contributed by atoms with Crippen molar-refractivity contribution in [2.75, 3.05) is 20.8 Å². The smallest absolute Gasteiger partial charge is 0.244 e. The lowest BCUT2D eigenvalue weighted by atomic mass is 10.3. The number of carboxylic acid groups (broad SMARTS) is 1. The first-order chi connectivity index (χ1) is 8.40. The van der Waals surface area contributed by atoms with E-state index >= 15 is 0 Å². The number of methoxy groups -OCH3 is 2. The quantitative estimate of drug-likeness (QED) is 0.693. The number of ether oxygens (including phenoxy) is 2. The van der Waals surface area contributed by atoms with Crippen LogP contribution >= 0.6 is 0 Å². The fraction of sp³-hybridized carbons (Fsp3) is 0.300. The van der Waals surface area contributed by atoms with Crippen molar-refractivity contribution in [2.45, 2.75) is 4.90 Å². The Morgan fingerprint density at radius 2 is 2.00 bits per heavy atom. The fourth-order valence-electron chi connectivity index (χ4n) is 1.23. The molecule has 0 saturated carbocycles. The zero-order valence-electron chi connectivity index (χ0n) is 9.80. The number of carbonyl (C=O) groups is 1. The van der Waals surface area contributed by atoms with E-state index in [1.165, 1.54) is 32.4 Å². The minimum atomic E-state index is -3.97. The SMILES string of the molecule is COc1ccc(S(=O)(=O)NCC(=O)[O-])c(OC)c1. The molecular weight excluding hydrogens is 262 g/mol. The zero-order chi connectivity index (χ0) is 13.8. The molecule has 0 spiro atoms. The van der Waals surface area contributed by atoms with Crippen LogP contribution in [0.3, 0.4) is 0 Å². The molecule has 0 fully saturated rings. The zero-order valence-corrected chi connectivity index (χ0v) is 10.6. The third-order valence-electron chi connectivity index (χ3n) is 2.07.